The van der Waals surface area contributed by atoms with Crippen molar-refractivity contribution < 1.29 is 9.90 Å². The molecule has 1 N–H and O–H groups in total. The van der Waals surface area contributed by atoms with Crippen LogP contribution in [0.2, 0.25) is 0 Å². The summed E-state index contributed by atoms with van der Waals surface area (Å²) >= 11 is 4.83. The number of thiophene rings is 1. The molecule has 3 heterocycles. The van der Waals surface area contributed by atoms with Crippen molar-refractivity contribution in [2.45, 2.75) is 0 Å². The molecule has 0 unspecified atom stereocenters. The van der Waals surface area contributed by atoms with Crippen LogP contribution in [0.1, 0.15) is 10.5 Å². The second kappa shape index (κ2) is 4.18. The van der Waals surface area contributed by atoms with E-state index in [0.717, 1.165) is 4.88 Å². The Hall–Kier alpha value is -1.73. The van der Waals surface area contributed by atoms with Gasteiger partial charge in [0.2, 0.25) is 0 Å². The van der Waals surface area contributed by atoms with E-state index in [0.29, 0.717) is 15.8 Å². The van der Waals surface area contributed by atoms with Crippen LogP contribution in [0.15, 0.2) is 34.2 Å². The SMILES string of the molecule is O=C(O)c1cc(-c2cccs2)nc2c(Br)cnn12. The Morgan fingerprint density at radius 2 is 2.33 bits per heavy atom. The van der Waals surface area contributed by atoms with Crippen LogP contribution >= 0.6 is 27.3 Å². The first kappa shape index (κ1) is 11.4. The number of rotatable bonds is 2. The molecule has 18 heavy (non-hydrogen) atoms. The number of aromatic carboxylic acids is 1. The van der Waals surface area contributed by atoms with Crippen LogP contribution in [0.5, 0.6) is 0 Å². The van der Waals surface area contributed by atoms with Crippen LogP contribution in [0, 0.1) is 0 Å². The Kier molecular flexibility index (Phi) is 2.64. The molecule has 0 bridgehead atoms. The van der Waals surface area contributed by atoms with E-state index in [1.807, 2.05) is 17.5 Å². The molecule has 0 atom stereocenters. The molecule has 0 spiro atoms. The van der Waals surface area contributed by atoms with Crippen LogP contribution in [0.25, 0.3) is 16.2 Å². The lowest BCUT2D eigenvalue weighted by Crippen LogP contribution is -2.07. The minimum absolute atomic E-state index is 0.0918. The van der Waals surface area contributed by atoms with Gasteiger partial charge < -0.3 is 5.11 Å². The van der Waals surface area contributed by atoms with E-state index >= 15 is 0 Å². The maximum atomic E-state index is 11.2. The van der Waals surface area contributed by atoms with Gasteiger partial charge in [0.25, 0.3) is 0 Å². The number of nitrogens with zero attached hydrogens (tertiary/aromatic N) is 3. The summed E-state index contributed by atoms with van der Waals surface area (Å²) in [7, 11) is 0. The zero-order valence-corrected chi connectivity index (χ0v) is 11.3. The first-order valence-corrected chi connectivity index (χ1v) is 6.65. The molecule has 0 amide bonds. The Balaban J connectivity index is 2.35. The normalized spacial score (nSPS) is 10.9. The number of carboxylic acids is 1. The lowest BCUT2D eigenvalue weighted by molar-refractivity contribution is 0.0687. The van der Waals surface area contributed by atoms with Gasteiger partial charge in [-0.25, -0.2) is 14.3 Å². The molecule has 90 valence electrons. The quantitative estimate of drug-likeness (QED) is 0.787. The van der Waals surface area contributed by atoms with Gasteiger partial charge in [0.05, 0.1) is 21.2 Å². The van der Waals surface area contributed by atoms with Gasteiger partial charge in [-0.3, -0.25) is 0 Å². The fourth-order valence-corrected chi connectivity index (χ4v) is 2.67. The molecule has 0 radical (unpaired) electrons. The monoisotopic (exact) mass is 323 g/mol. The van der Waals surface area contributed by atoms with Crippen LogP contribution < -0.4 is 0 Å². The van der Waals surface area contributed by atoms with Crippen molar-refractivity contribution in [2.75, 3.05) is 0 Å². The van der Waals surface area contributed by atoms with Crippen molar-refractivity contribution in [1.29, 1.82) is 0 Å². The Morgan fingerprint density at radius 3 is 3.00 bits per heavy atom. The van der Waals surface area contributed by atoms with Gasteiger partial charge in [0.15, 0.2) is 11.3 Å². The number of fused-ring (bicyclic) bond motifs is 1. The molecule has 0 aliphatic rings. The van der Waals surface area contributed by atoms with Gasteiger partial charge in [0.1, 0.15) is 0 Å². The van der Waals surface area contributed by atoms with Crippen LogP contribution in [-0.4, -0.2) is 25.7 Å². The molecule has 3 aromatic rings. The number of carbonyl (C=O) groups is 1. The predicted octanol–water partition coefficient (Wildman–Crippen LogP) is 2.92. The molecule has 0 aliphatic heterocycles. The zero-order chi connectivity index (χ0) is 12.7. The van der Waals surface area contributed by atoms with E-state index in [9.17, 15) is 9.90 Å². The Bertz CT molecular complexity index is 736. The van der Waals surface area contributed by atoms with Gasteiger partial charge in [-0.1, -0.05) is 6.07 Å². The van der Waals surface area contributed by atoms with Gasteiger partial charge in [-0.05, 0) is 33.4 Å². The fraction of sp³-hybridized carbons (Fsp3) is 0. The standard InChI is InChI=1S/C11H6BrN3O2S/c12-6-5-13-15-8(11(16)17)4-7(14-10(6)15)9-2-1-3-18-9/h1-5H,(H,16,17). The van der Waals surface area contributed by atoms with Gasteiger partial charge in [0, 0.05) is 0 Å². The summed E-state index contributed by atoms with van der Waals surface area (Å²) in [5, 5.41) is 15.1. The molecular weight excluding hydrogens is 318 g/mol. The van der Waals surface area contributed by atoms with Gasteiger partial charge >= 0.3 is 5.97 Å². The highest BCUT2D eigenvalue weighted by Gasteiger charge is 2.16. The topological polar surface area (TPSA) is 67.5 Å². The highest BCUT2D eigenvalue weighted by molar-refractivity contribution is 9.10. The summed E-state index contributed by atoms with van der Waals surface area (Å²) in [6.07, 6.45) is 1.53. The summed E-state index contributed by atoms with van der Waals surface area (Å²) in [4.78, 5) is 16.6. The van der Waals surface area contributed by atoms with Crippen molar-refractivity contribution in [3.63, 3.8) is 0 Å². The number of hydrogen-bond donors (Lipinski definition) is 1. The third-order valence-electron chi connectivity index (χ3n) is 2.42. The first-order valence-electron chi connectivity index (χ1n) is 4.98. The molecule has 0 fully saturated rings. The van der Waals surface area contributed by atoms with Crippen molar-refractivity contribution >= 4 is 38.9 Å². The first-order chi connectivity index (χ1) is 8.66. The molecule has 0 saturated heterocycles. The predicted molar refractivity (Wildman–Crippen MR) is 71.0 cm³/mol. The minimum Gasteiger partial charge on any atom is -0.477 e. The van der Waals surface area contributed by atoms with Crippen molar-refractivity contribution in [2.24, 2.45) is 0 Å². The van der Waals surface area contributed by atoms with E-state index in [1.165, 1.54) is 28.1 Å². The Morgan fingerprint density at radius 1 is 1.50 bits per heavy atom. The maximum Gasteiger partial charge on any atom is 0.354 e. The molecule has 7 heteroatoms. The molecule has 3 aromatic heterocycles. The molecule has 0 saturated carbocycles. The molecular formula is C11H6BrN3O2S. The molecule has 5 nitrogen and oxygen atoms in total. The smallest absolute Gasteiger partial charge is 0.354 e. The second-order valence-electron chi connectivity index (χ2n) is 3.54. The Labute approximate surface area is 114 Å². The van der Waals surface area contributed by atoms with E-state index in [-0.39, 0.29) is 5.69 Å². The lowest BCUT2D eigenvalue weighted by Gasteiger charge is -2.03. The third-order valence-corrected chi connectivity index (χ3v) is 3.87. The highest BCUT2D eigenvalue weighted by atomic mass is 79.9. The van der Waals surface area contributed by atoms with Gasteiger partial charge in [-0.2, -0.15) is 5.10 Å². The molecule has 3 rings (SSSR count). The number of carboxylic acid groups (broad SMARTS) is 1. The van der Waals surface area contributed by atoms with Crippen molar-refractivity contribution in [1.82, 2.24) is 14.6 Å². The van der Waals surface area contributed by atoms with Crippen molar-refractivity contribution in [3.8, 4) is 10.6 Å². The molecule has 0 aromatic carbocycles. The average molecular weight is 324 g/mol. The van der Waals surface area contributed by atoms with E-state index < -0.39 is 5.97 Å². The third kappa shape index (κ3) is 1.72. The summed E-state index contributed by atoms with van der Waals surface area (Å²) in [5.41, 5.74) is 1.23. The van der Waals surface area contributed by atoms with Crippen molar-refractivity contribution in [3.05, 3.63) is 39.9 Å². The van der Waals surface area contributed by atoms with Crippen LogP contribution in [0.4, 0.5) is 0 Å². The fourth-order valence-electron chi connectivity index (χ4n) is 1.64. The summed E-state index contributed by atoms with van der Waals surface area (Å²) in [6, 6.07) is 5.33. The number of aromatic nitrogens is 3. The number of hydrogen-bond acceptors (Lipinski definition) is 4. The van der Waals surface area contributed by atoms with Gasteiger partial charge in [-0.15, -0.1) is 11.3 Å². The summed E-state index contributed by atoms with van der Waals surface area (Å²) in [6.45, 7) is 0. The van der Waals surface area contributed by atoms with E-state index in [4.69, 9.17) is 0 Å². The maximum absolute atomic E-state index is 11.2. The molecule has 0 aliphatic carbocycles. The minimum atomic E-state index is -1.03. The largest absolute Gasteiger partial charge is 0.477 e. The van der Waals surface area contributed by atoms with Crippen LogP contribution in [0.3, 0.4) is 0 Å². The average Bonchev–Trinajstić information content (AvgIpc) is 2.98. The lowest BCUT2D eigenvalue weighted by atomic mass is 10.3. The summed E-state index contributed by atoms with van der Waals surface area (Å²) in [5.74, 6) is -1.03. The zero-order valence-electron chi connectivity index (χ0n) is 8.87. The second-order valence-corrected chi connectivity index (χ2v) is 5.34. The van der Waals surface area contributed by atoms with Crippen LogP contribution in [-0.2, 0) is 0 Å². The van der Waals surface area contributed by atoms with E-state index in [2.05, 4.69) is 26.0 Å². The highest BCUT2D eigenvalue weighted by Crippen LogP contribution is 2.26. The summed E-state index contributed by atoms with van der Waals surface area (Å²) < 4.78 is 1.98. The van der Waals surface area contributed by atoms with E-state index in [1.54, 1.807) is 0 Å². The number of halogens is 1.